The summed E-state index contributed by atoms with van der Waals surface area (Å²) in [7, 11) is 0. The predicted octanol–water partition coefficient (Wildman–Crippen LogP) is 7.30. The fourth-order valence-corrected chi connectivity index (χ4v) is 5.41. The smallest absolute Gasteiger partial charge is 0.212 e. The van der Waals surface area contributed by atoms with Gasteiger partial charge in [0.2, 0.25) is 5.78 Å². The van der Waals surface area contributed by atoms with Gasteiger partial charge in [0, 0.05) is 28.3 Å². The highest BCUT2D eigenvalue weighted by Gasteiger charge is 2.31. The van der Waals surface area contributed by atoms with Gasteiger partial charge in [-0.1, -0.05) is 67.1 Å². The molecule has 0 aliphatic carbocycles. The second-order valence-corrected chi connectivity index (χ2v) is 10.0. The van der Waals surface area contributed by atoms with Crippen LogP contribution in [0.2, 0.25) is 5.02 Å². The van der Waals surface area contributed by atoms with Gasteiger partial charge in [-0.2, -0.15) is 0 Å². The minimum atomic E-state index is -0.418. The van der Waals surface area contributed by atoms with Crippen LogP contribution in [0.15, 0.2) is 72.8 Å². The molecular weight excluding hydrogens is 501 g/mol. The summed E-state index contributed by atoms with van der Waals surface area (Å²) >= 11 is 6.21. The molecule has 3 heterocycles. The number of nitrogens with zero attached hydrogens (tertiary/aromatic N) is 3. The molecule has 3 aromatic carbocycles. The average molecular weight is 528 g/mol. The molecule has 1 aliphatic rings. The lowest BCUT2D eigenvalue weighted by atomic mass is 9.94. The van der Waals surface area contributed by atoms with E-state index in [4.69, 9.17) is 21.4 Å². The molecule has 7 heteroatoms. The normalized spacial score (nSPS) is 13.0. The Bertz CT molecular complexity index is 1630. The summed E-state index contributed by atoms with van der Waals surface area (Å²) in [5, 5.41) is 5.54. The molecule has 0 atom stereocenters. The number of hydrogen-bond acceptors (Lipinski definition) is 3. The van der Waals surface area contributed by atoms with Gasteiger partial charge in [-0.25, -0.2) is 8.91 Å². The van der Waals surface area contributed by atoms with Crippen LogP contribution in [0.1, 0.15) is 52.8 Å². The Labute approximate surface area is 225 Å². The zero-order chi connectivity index (χ0) is 26.2. The second-order valence-electron chi connectivity index (χ2n) is 9.57. The average Bonchev–Trinajstić information content (AvgIpc) is 3.34. The number of ketones is 1. The molecule has 38 heavy (non-hydrogen) atoms. The summed E-state index contributed by atoms with van der Waals surface area (Å²) < 4.78 is 24.0. The molecule has 5 nitrogen and oxygen atoms in total. The third kappa shape index (κ3) is 4.29. The van der Waals surface area contributed by atoms with Gasteiger partial charge in [0.05, 0.1) is 0 Å². The monoisotopic (exact) mass is 527 g/mol. The Morgan fingerprint density at radius 3 is 2.53 bits per heavy atom. The zero-order valence-corrected chi connectivity index (χ0v) is 21.8. The van der Waals surface area contributed by atoms with E-state index in [9.17, 15) is 9.18 Å². The van der Waals surface area contributed by atoms with Gasteiger partial charge in [-0.15, -0.1) is 5.10 Å². The van der Waals surface area contributed by atoms with Gasteiger partial charge in [-0.3, -0.25) is 4.79 Å². The van der Waals surface area contributed by atoms with Crippen molar-refractivity contribution in [2.24, 2.45) is 0 Å². The van der Waals surface area contributed by atoms with Crippen molar-refractivity contribution in [2.75, 3.05) is 0 Å². The van der Waals surface area contributed by atoms with E-state index in [-0.39, 0.29) is 18.1 Å². The van der Waals surface area contributed by atoms with Gasteiger partial charge < -0.3 is 9.30 Å². The maximum Gasteiger partial charge on any atom is 0.212 e. The SMILES string of the molecule is CCc1ccc(C(=O)c2c(-c3ccc(Cl)cc3)c3c4n(c(COc5ccccc5F)nn24)CCCC3)cc1. The standard InChI is InChI=1S/C31H27ClFN3O2/c1-2-20-10-12-22(13-11-20)30(37)29-28(21-14-16-23(32)17-15-21)24-7-5-6-18-35-27(34-36(29)31(24)35)19-38-26-9-4-3-8-25(26)33/h3-4,8-17H,2,5-7,18-19H2,1H3. The van der Waals surface area contributed by atoms with E-state index in [2.05, 4.69) is 11.5 Å². The van der Waals surface area contributed by atoms with Crippen molar-refractivity contribution < 1.29 is 13.9 Å². The van der Waals surface area contributed by atoms with Crippen molar-refractivity contribution in [2.45, 2.75) is 45.8 Å². The Morgan fingerprint density at radius 2 is 1.79 bits per heavy atom. The topological polar surface area (TPSA) is 48.5 Å². The van der Waals surface area contributed by atoms with Crippen molar-refractivity contribution in [3.8, 4) is 16.9 Å². The first kappa shape index (κ1) is 24.4. The summed E-state index contributed by atoms with van der Waals surface area (Å²) in [5.74, 6) is 0.324. The van der Waals surface area contributed by atoms with Crippen LogP contribution in [0.3, 0.4) is 0 Å². The summed E-state index contributed by atoms with van der Waals surface area (Å²) in [4.78, 5) is 14.1. The Balaban J connectivity index is 1.53. The number of carbonyl (C=O) groups is 1. The van der Waals surface area contributed by atoms with Gasteiger partial charge in [0.25, 0.3) is 0 Å². The number of rotatable bonds is 7. The molecule has 5 aromatic rings. The van der Waals surface area contributed by atoms with Crippen LogP contribution >= 0.6 is 11.6 Å². The molecule has 0 amide bonds. The van der Waals surface area contributed by atoms with Crippen LogP contribution < -0.4 is 4.74 Å². The number of carbonyl (C=O) groups excluding carboxylic acids is 1. The molecule has 2 aromatic heterocycles. The zero-order valence-electron chi connectivity index (χ0n) is 21.1. The first-order valence-electron chi connectivity index (χ1n) is 12.9. The van der Waals surface area contributed by atoms with E-state index in [0.717, 1.165) is 54.6 Å². The number of aromatic nitrogens is 3. The highest BCUT2D eigenvalue weighted by atomic mass is 35.5. The largest absolute Gasteiger partial charge is 0.483 e. The van der Waals surface area contributed by atoms with E-state index in [1.54, 1.807) is 22.7 Å². The van der Waals surface area contributed by atoms with Crippen molar-refractivity contribution in [1.29, 1.82) is 0 Å². The molecule has 0 saturated heterocycles. The summed E-state index contributed by atoms with van der Waals surface area (Å²) in [6.07, 6.45) is 3.67. The van der Waals surface area contributed by atoms with E-state index in [0.29, 0.717) is 22.1 Å². The predicted molar refractivity (Wildman–Crippen MR) is 147 cm³/mol. The molecule has 0 radical (unpaired) electrons. The fraction of sp³-hybridized carbons (Fsp3) is 0.226. The molecule has 6 rings (SSSR count). The van der Waals surface area contributed by atoms with Gasteiger partial charge >= 0.3 is 0 Å². The van der Waals surface area contributed by atoms with Gasteiger partial charge in [0.1, 0.15) is 17.9 Å². The Kier molecular flexibility index (Phi) is 6.50. The number of ether oxygens (including phenoxy) is 1. The molecule has 0 unspecified atom stereocenters. The fourth-order valence-electron chi connectivity index (χ4n) is 5.28. The number of halogens is 2. The maximum atomic E-state index is 14.2. The number of hydrogen-bond donors (Lipinski definition) is 0. The number of aryl methyl sites for hydroxylation is 3. The van der Waals surface area contributed by atoms with E-state index in [1.807, 2.05) is 48.5 Å². The lowest BCUT2D eigenvalue weighted by molar-refractivity contribution is 0.103. The van der Waals surface area contributed by atoms with Crippen LogP contribution in [0.25, 0.3) is 16.8 Å². The van der Waals surface area contributed by atoms with E-state index in [1.165, 1.54) is 11.6 Å². The first-order chi connectivity index (χ1) is 18.5. The van der Waals surface area contributed by atoms with Crippen LogP contribution in [-0.2, 0) is 26.0 Å². The van der Waals surface area contributed by atoms with Crippen molar-refractivity contribution in [1.82, 2.24) is 14.2 Å². The maximum absolute atomic E-state index is 14.2. The van der Waals surface area contributed by atoms with Crippen molar-refractivity contribution in [3.63, 3.8) is 0 Å². The van der Waals surface area contributed by atoms with Crippen LogP contribution in [0.4, 0.5) is 4.39 Å². The van der Waals surface area contributed by atoms with Crippen LogP contribution in [-0.4, -0.2) is 20.0 Å². The van der Waals surface area contributed by atoms with Gasteiger partial charge in [-0.05, 0) is 61.1 Å². The third-order valence-electron chi connectivity index (χ3n) is 7.23. The van der Waals surface area contributed by atoms with Gasteiger partial charge in [0.15, 0.2) is 17.4 Å². The molecule has 0 fully saturated rings. The quantitative estimate of drug-likeness (QED) is 0.209. The molecule has 0 bridgehead atoms. The van der Waals surface area contributed by atoms with E-state index >= 15 is 0 Å². The van der Waals surface area contributed by atoms with E-state index < -0.39 is 5.82 Å². The summed E-state index contributed by atoms with van der Waals surface area (Å²) in [6.45, 7) is 2.93. The summed E-state index contributed by atoms with van der Waals surface area (Å²) in [6, 6.07) is 21.7. The minimum absolute atomic E-state index is 0.0920. The molecular formula is C31H27ClFN3O2. The second kappa shape index (κ2) is 10.1. The van der Waals surface area contributed by atoms with Crippen molar-refractivity contribution >= 4 is 23.0 Å². The highest BCUT2D eigenvalue weighted by Crippen LogP contribution is 2.38. The molecule has 0 saturated carbocycles. The molecule has 0 N–H and O–H groups in total. The molecule has 1 aliphatic heterocycles. The summed E-state index contributed by atoms with van der Waals surface area (Å²) in [5.41, 5.74) is 6.11. The first-order valence-corrected chi connectivity index (χ1v) is 13.3. The third-order valence-corrected chi connectivity index (χ3v) is 7.48. The highest BCUT2D eigenvalue weighted by molar-refractivity contribution is 6.30. The lowest BCUT2D eigenvalue weighted by Crippen LogP contribution is -2.09. The Morgan fingerprint density at radius 1 is 1.03 bits per heavy atom. The van der Waals surface area contributed by atoms with Crippen molar-refractivity contribution in [3.05, 3.63) is 112 Å². The lowest BCUT2D eigenvalue weighted by Gasteiger charge is -2.10. The molecule has 192 valence electrons. The minimum Gasteiger partial charge on any atom is -0.483 e. The Hall–Kier alpha value is -3.90. The van der Waals surface area contributed by atoms with Crippen LogP contribution in [0.5, 0.6) is 5.75 Å². The number of para-hydroxylation sites is 1. The van der Waals surface area contributed by atoms with Crippen LogP contribution in [0, 0.1) is 5.82 Å². The number of benzene rings is 3. The molecule has 0 spiro atoms.